The van der Waals surface area contributed by atoms with Crippen LogP contribution in [0.4, 0.5) is 0 Å². The van der Waals surface area contributed by atoms with Gasteiger partial charge in [0, 0.05) is 22.8 Å². The lowest BCUT2D eigenvalue weighted by Crippen LogP contribution is -2.10. The SMILES string of the molecule is CCCCn1c2ccccc2c2cc(C(=O)OCC)nc(C(C)C)c21. The van der Waals surface area contributed by atoms with Gasteiger partial charge in [-0.05, 0) is 31.4 Å². The van der Waals surface area contributed by atoms with E-state index in [1.165, 1.54) is 10.9 Å². The summed E-state index contributed by atoms with van der Waals surface area (Å²) in [5, 5.41) is 2.26. The first-order chi connectivity index (χ1) is 12.1. The highest BCUT2D eigenvalue weighted by Crippen LogP contribution is 2.34. The van der Waals surface area contributed by atoms with Gasteiger partial charge in [-0.2, -0.15) is 0 Å². The van der Waals surface area contributed by atoms with Gasteiger partial charge in [0.25, 0.3) is 0 Å². The average molecular weight is 338 g/mol. The molecule has 0 amide bonds. The van der Waals surface area contributed by atoms with E-state index >= 15 is 0 Å². The van der Waals surface area contributed by atoms with E-state index in [1.54, 1.807) is 0 Å². The minimum absolute atomic E-state index is 0.224. The largest absolute Gasteiger partial charge is 0.461 e. The fraction of sp³-hybridized carbons (Fsp3) is 0.429. The topological polar surface area (TPSA) is 44.1 Å². The lowest BCUT2D eigenvalue weighted by Gasteiger charge is -2.13. The Labute approximate surface area is 148 Å². The molecule has 0 unspecified atom stereocenters. The van der Waals surface area contributed by atoms with Crippen molar-refractivity contribution in [1.82, 2.24) is 9.55 Å². The molecule has 0 aliphatic carbocycles. The third-order valence-corrected chi connectivity index (χ3v) is 4.54. The number of nitrogens with zero attached hydrogens (tertiary/aromatic N) is 2. The lowest BCUT2D eigenvalue weighted by molar-refractivity contribution is 0.0519. The minimum Gasteiger partial charge on any atom is -0.461 e. The standard InChI is InChI=1S/C21H26N2O2/c1-5-7-12-23-18-11-9-8-10-15(18)16-13-17(21(24)25-6-2)22-19(14(3)4)20(16)23/h8-11,13-14H,5-7,12H2,1-4H3. The maximum Gasteiger partial charge on any atom is 0.356 e. The van der Waals surface area contributed by atoms with Crippen molar-refractivity contribution in [2.24, 2.45) is 0 Å². The molecular formula is C21H26N2O2. The number of carbonyl (C=O) groups is 1. The molecule has 0 atom stereocenters. The molecule has 3 rings (SSSR count). The third-order valence-electron chi connectivity index (χ3n) is 4.54. The van der Waals surface area contributed by atoms with Gasteiger partial charge in [0.2, 0.25) is 0 Å². The molecule has 1 aromatic carbocycles. The molecule has 0 spiro atoms. The number of carbonyl (C=O) groups excluding carboxylic acids is 1. The van der Waals surface area contributed by atoms with Crippen LogP contribution in [-0.2, 0) is 11.3 Å². The van der Waals surface area contributed by atoms with Crippen molar-refractivity contribution in [1.29, 1.82) is 0 Å². The molecule has 4 nitrogen and oxygen atoms in total. The molecule has 0 saturated carbocycles. The summed E-state index contributed by atoms with van der Waals surface area (Å²) in [7, 11) is 0. The molecule has 3 aromatic rings. The van der Waals surface area contributed by atoms with E-state index in [2.05, 4.69) is 48.5 Å². The Kier molecular flexibility index (Phi) is 5.07. The highest BCUT2D eigenvalue weighted by molar-refractivity contribution is 6.10. The first-order valence-electron chi connectivity index (χ1n) is 9.17. The Morgan fingerprint density at radius 1 is 1.20 bits per heavy atom. The molecule has 132 valence electrons. The number of pyridine rings is 1. The smallest absolute Gasteiger partial charge is 0.356 e. The van der Waals surface area contributed by atoms with E-state index in [4.69, 9.17) is 4.74 Å². The molecule has 0 aliphatic heterocycles. The van der Waals surface area contributed by atoms with Crippen LogP contribution < -0.4 is 0 Å². The normalized spacial score (nSPS) is 11.6. The van der Waals surface area contributed by atoms with Crippen molar-refractivity contribution >= 4 is 27.8 Å². The molecule has 0 fully saturated rings. The first kappa shape index (κ1) is 17.5. The maximum absolute atomic E-state index is 12.3. The van der Waals surface area contributed by atoms with Gasteiger partial charge in [-0.1, -0.05) is 45.4 Å². The first-order valence-corrected chi connectivity index (χ1v) is 9.17. The number of fused-ring (bicyclic) bond motifs is 3. The predicted octanol–water partition coefficient (Wildman–Crippen LogP) is 5.29. The Morgan fingerprint density at radius 2 is 1.96 bits per heavy atom. The summed E-state index contributed by atoms with van der Waals surface area (Å²) in [6, 6.07) is 10.3. The summed E-state index contributed by atoms with van der Waals surface area (Å²) in [6.07, 6.45) is 2.25. The molecule has 0 radical (unpaired) electrons. The zero-order valence-corrected chi connectivity index (χ0v) is 15.5. The molecule has 2 heterocycles. The van der Waals surface area contributed by atoms with E-state index < -0.39 is 0 Å². The van der Waals surface area contributed by atoms with Crippen LogP contribution in [0.1, 0.15) is 62.6 Å². The Morgan fingerprint density at radius 3 is 2.64 bits per heavy atom. The van der Waals surface area contributed by atoms with Crippen molar-refractivity contribution in [2.75, 3.05) is 6.61 Å². The van der Waals surface area contributed by atoms with Crippen molar-refractivity contribution < 1.29 is 9.53 Å². The summed E-state index contributed by atoms with van der Waals surface area (Å²) < 4.78 is 7.55. The summed E-state index contributed by atoms with van der Waals surface area (Å²) in [5.41, 5.74) is 3.72. The maximum atomic E-state index is 12.3. The van der Waals surface area contributed by atoms with Crippen LogP contribution in [0.2, 0.25) is 0 Å². The fourth-order valence-corrected chi connectivity index (χ4v) is 3.36. The minimum atomic E-state index is -0.350. The van der Waals surface area contributed by atoms with Gasteiger partial charge in [-0.3, -0.25) is 0 Å². The van der Waals surface area contributed by atoms with Crippen LogP contribution in [0.25, 0.3) is 21.8 Å². The molecular weight excluding hydrogens is 312 g/mol. The van der Waals surface area contributed by atoms with Crippen molar-refractivity contribution in [3.63, 3.8) is 0 Å². The van der Waals surface area contributed by atoms with E-state index in [1.807, 2.05) is 19.1 Å². The Bertz CT molecular complexity index is 909. The highest BCUT2D eigenvalue weighted by atomic mass is 16.5. The van der Waals surface area contributed by atoms with Gasteiger partial charge < -0.3 is 9.30 Å². The second-order valence-corrected chi connectivity index (χ2v) is 6.69. The van der Waals surface area contributed by atoms with Crippen LogP contribution >= 0.6 is 0 Å². The summed E-state index contributed by atoms with van der Waals surface area (Å²) in [5.74, 6) is -0.127. The molecule has 0 saturated heterocycles. The Balaban J connectivity index is 2.35. The van der Waals surface area contributed by atoms with Crippen LogP contribution in [0, 0.1) is 0 Å². The monoisotopic (exact) mass is 338 g/mol. The number of aromatic nitrogens is 2. The number of benzene rings is 1. The zero-order chi connectivity index (χ0) is 18.0. The van der Waals surface area contributed by atoms with Gasteiger partial charge in [-0.25, -0.2) is 9.78 Å². The second kappa shape index (κ2) is 7.26. The number of ether oxygens (including phenoxy) is 1. The van der Waals surface area contributed by atoms with Gasteiger partial charge in [0.1, 0.15) is 5.69 Å². The average Bonchev–Trinajstić information content (AvgIpc) is 2.93. The number of hydrogen-bond donors (Lipinski definition) is 0. The lowest BCUT2D eigenvalue weighted by atomic mass is 10.0. The fourth-order valence-electron chi connectivity index (χ4n) is 3.36. The van der Waals surface area contributed by atoms with Gasteiger partial charge in [-0.15, -0.1) is 0 Å². The van der Waals surface area contributed by atoms with Crippen molar-refractivity contribution in [2.45, 2.75) is 53.0 Å². The van der Waals surface area contributed by atoms with E-state index in [0.717, 1.165) is 36.0 Å². The van der Waals surface area contributed by atoms with Crippen LogP contribution in [0.15, 0.2) is 30.3 Å². The Hall–Kier alpha value is -2.36. The van der Waals surface area contributed by atoms with Gasteiger partial charge >= 0.3 is 5.97 Å². The number of esters is 1. The molecule has 0 aliphatic rings. The van der Waals surface area contributed by atoms with E-state index in [0.29, 0.717) is 12.3 Å². The quantitative estimate of drug-likeness (QED) is 0.574. The van der Waals surface area contributed by atoms with Crippen LogP contribution in [0.5, 0.6) is 0 Å². The number of para-hydroxylation sites is 1. The number of unbranched alkanes of at least 4 members (excludes halogenated alkanes) is 1. The third kappa shape index (κ3) is 3.13. The summed E-state index contributed by atoms with van der Waals surface area (Å²) in [4.78, 5) is 17.0. The molecule has 0 N–H and O–H groups in total. The highest BCUT2D eigenvalue weighted by Gasteiger charge is 2.20. The summed E-state index contributed by atoms with van der Waals surface area (Å²) in [6.45, 7) is 9.58. The molecule has 0 bridgehead atoms. The van der Waals surface area contributed by atoms with Crippen molar-refractivity contribution in [3.8, 4) is 0 Å². The summed E-state index contributed by atoms with van der Waals surface area (Å²) >= 11 is 0. The van der Waals surface area contributed by atoms with E-state index in [-0.39, 0.29) is 11.9 Å². The van der Waals surface area contributed by atoms with E-state index in [9.17, 15) is 4.79 Å². The molecule has 2 aromatic heterocycles. The molecule has 4 heteroatoms. The number of hydrogen-bond acceptors (Lipinski definition) is 3. The number of rotatable bonds is 6. The van der Waals surface area contributed by atoms with Crippen LogP contribution in [-0.4, -0.2) is 22.1 Å². The molecule has 25 heavy (non-hydrogen) atoms. The predicted molar refractivity (Wildman–Crippen MR) is 102 cm³/mol. The second-order valence-electron chi connectivity index (χ2n) is 6.69. The number of aryl methyl sites for hydroxylation is 1. The van der Waals surface area contributed by atoms with Gasteiger partial charge in [0.15, 0.2) is 0 Å². The van der Waals surface area contributed by atoms with Gasteiger partial charge in [0.05, 0.1) is 17.8 Å². The van der Waals surface area contributed by atoms with Crippen LogP contribution in [0.3, 0.4) is 0 Å². The van der Waals surface area contributed by atoms with Crippen molar-refractivity contribution in [3.05, 3.63) is 41.7 Å². The zero-order valence-electron chi connectivity index (χ0n) is 15.5.